The third kappa shape index (κ3) is 2.74. The van der Waals surface area contributed by atoms with Crippen molar-refractivity contribution >= 4 is 0 Å². The van der Waals surface area contributed by atoms with Gasteiger partial charge in [0.25, 0.3) is 0 Å². The highest BCUT2D eigenvalue weighted by Gasteiger charge is 2.42. The van der Waals surface area contributed by atoms with Crippen LogP contribution in [0.3, 0.4) is 0 Å². The molecule has 0 saturated heterocycles. The second kappa shape index (κ2) is 5.85. The van der Waals surface area contributed by atoms with Gasteiger partial charge in [-0.2, -0.15) is 0 Å². The Morgan fingerprint density at radius 1 is 1.29 bits per heavy atom. The number of methoxy groups -OCH3 is 1. The topological polar surface area (TPSA) is 47.9 Å². The molecule has 2 aliphatic rings. The molecule has 1 aromatic carbocycles. The van der Waals surface area contributed by atoms with Crippen LogP contribution in [0.1, 0.15) is 44.3 Å². The summed E-state index contributed by atoms with van der Waals surface area (Å²) in [5.41, 5.74) is 0.358. The average Bonchev–Trinajstić information content (AvgIpc) is 2.53. The Bertz CT molecular complexity index is 502. The summed E-state index contributed by atoms with van der Waals surface area (Å²) in [7, 11) is 1.71. The van der Waals surface area contributed by atoms with Gasteiger partial charge in [-0.25, -0.2) is 0 Å². The van der Waals surface area contributed by atoms with Crippen LogP contribution in [0.15, 0.2) is 18.2 Å². The largest absolute Gasteiger partial charge is 0.486 e. The fraction of sp³-hybridized carbons (Fsp3) is 0.647. The quantitative estimate of drug-likeness (QED) is 0.930. The van der Waals surface area contributed by atoms with Crippen molar-refractivity contribution in [1.29, 1.82) is 0 Å². The summed E-state index contributed by atoms with van der Waals surface area (Å²) in [5.74, 6) is 2.04. The van der Waals surface area contributed by atoms with Crippen LogP contribution in [0, 0.1) is 5.92 Å². The summed E-state index contributed by atoms with van der Waals surface area (Å²) in [4.78, 5) is 0. The first-order valence-corrected chi connectivity index (χ1v) is 7.77. The van der Waals surface area contributed by atoms with Gasteiger partial charge in [-0.15, -0.1) is 0 Å². The van der Waals surface area contributed by atoms with Crippen LogP contribution >= 0.6 is 0 Å². The van der Waals surface area contributed by atoms with Gasteiger partial charge in [-0.3, -0.25) is 0 Å². The van der Waals surface area contributed by atoms with E-state index in [1.807, 2.05) is 18.2 Å². The van der Waals surface area contributed by atoms with Crippen molar-refractivity contribution in [3.8, 4) is 11.5 Å². The Labute approximate surface area is 126 Å². The zero-order chi connectivity index (χ0) is 14.9. The van der Waals surface area contributed by atoms with Gasteiger partial charge in [0.05, 0.1) is 5.60 Å². The third-order valence-electron chi connectivity index (χ3n) is 4.78. The molecule has 0 bridgehead atoms. The number of ether oxygens (including phenoxy) is 3. The van der Waals surface area contributed by atoms with Gasteiger partial charge in [0.15, 0.2) is 11.5 Å². The van der Waals surface area contributed by atoms with E-state index in [0.717, 1.165) is 30.6 Å². The van der Waals surface area contributed by atoms with E-state index in [0.29, 0.717) is 24.9 Å². The SMILES string of the molecule is COC1(C(O)c2ccc3c(c2)OCCO3)CCCC(C)C1. The van der Waals surface area contributed by atoms with E-state index in [4.69, 9.17) is 14.2 Å². The van der Waals surface area contributed by atoms with E-state index in [1.165, 1.54) is 6.42 Å². The molecule has 0 radical (unpaired) electrons. The van der Waals surface area contributed by atoms with E-state index in [1.54, 1.807) is 7.11 Å². The molecule has 1 aliphatic carbocycles. The molecule has 3 rings (SSSR count). The normalized spacial score (nSPS) is 30.0. The Balaban J connectivity index is 1.87. The van der Waals surface area contributed by atoms with Crippen molar-refractivity contribution in [3.05, 3.63) is 23.8 Å². The molecule has 1 saturated carbocycles. The lowest BCUT2D eigenvalue weighted by molar-refractivity contribution is -0.134. The fourth-order valence-electron chi connectivity index (χ4n) is 3.62. The molecule has 0 spiro atoms. The molecule has 1 heterocycles. The molecule has 4 heteroatoms. The zero-order valence-corrected chi connectivity index (χ0v) is 12.8. The van der Waals surface area contributed by atoms with E-state index in [-0.39, 0.29) is 0 Å². The van der Waals surface area contributed by atoms with Crippen molar-refractivity contribution in [2.24, 2.45) is 5.92 Å². The van der Waals surface area contributed by atoms with Gasteiger partial charge >= 0.3 is 0 Å². The minimum atomic E-state index is -0.638. The lowest BCUT2D eigenvalue weighted by Crippen LogP contribution is -2.42. The van der Waals surface area contributed by atoms with Crippen molar-refractivity contribution in [2.45, 2.75) is 44.3 Å². The lowest BCUT2D eigenvalue weighted by atomic mass is 9.74. The maximum absolute atomic E-state index is 10.9. The Hall–Kier alpha value is -1.26. The Kier molecular flexibility index (Phi) is 4.09. The molecule has 1 aromatic rings. The third-order valence-corrected chi connectivity index (χ3v) is 4.78. The molecular formula is C17H24O4. The maximum Gasteiger partial charge on any atom is 0.161 e. The highest BCUT2D eigenvalue weighted by Crippen LogP contribution is 2.44. The lowest BCUT2D eigenvalue weighted by Gasteiger charge is -2.42. The monoisotopic (exact) mass is 292 g/mol. The second-order valence-electron chi connectivity index (χ2n) is 6.28. The van der Waals surface area contributed by atoms with Gasteiger partial charge in [-0.05, 0) is 36.5 Å². The summed E-state index contributed by atoms with van der Waals surface area (Å²) in [6, 6.07) is 5.68. The van der Waals surface area contributed by atoms with E-state index < -0.39 is 11.7 Å². The highest BCUT2D eigenvalue weighted by molar-refractivity contribution is 5.44. The van der Waals surface area contributed by atoms with Gasteiger partial charge in [0.1, 0.15) is 19.3 Å². The molecule has 1 fully saturated rings. The second-order valence-corrected chi connectivity index (χ2v) is 6.28. The standard InChI is InChI=1S/C17H24O4/c1-12-4-3-7-17(11-12,19-2)16(18)13-5-6-14-15(10-13)21-9-8-20-14/h5-6,10,12,16,18H,3-4,7-9,11H2,1-2H3. The molecule has 0 amide bonds. The average molecular weight is 292 g/mol. The molecule has 21 heavy (non-hydrogen) atoms. The molecule has 116 valence electrons. The fourth-order valence-corrected chi connectivity index (χ4v) is 3.62. The van der Waals surface area contributed by atoms with E-state index in [2.05, 4.69) is 6.92 Å². The van der Waals surface area contributed by atoms with Gasteiger partial charge in [0, 0.05) is 7.11 Å². The summed E-state index contributed by atoms with van der Waals surface area (Å²) in [6.45, 7) is 3.36. The smallest absolute Gasteiger partial charge is 0.161 e. The highest BCUT2D eigenvalue weighted by atomic mass is 16.6. The number of benzene rings is 1. The number of hydrogen-bond donors (Lipinski definition) is 1. The van der Waals surface area contributed by atoms with Crippen LogP contribution in [-0.2, 0) is 4.74 Å². The Morgan fingerprint density at radius 3 is 2.76 bits per heavy atom. The summed E-state index contributed by atoms with van der Waals surface area (Å²) >= 11 is 0. The molecule has 4 nitrogen and oxygen atoms in total. The first-order chi connectivity index (χ1) is 10.1. The molecule has 1 N–H and O–H groups in total. The number of fused-ring (bicyclic) bond motifs is 1. The first-order valence-electron chi connectivity index (χ1n) is 7.77. The van der Waals surface area contributed by atoms with E-state index in [9.17, 15) is 5.11 Å². The molecular weight excluding hydrogens is 268 g/mol. The minimum absolute atomic E-state index is 0.485. The van der Waals surface area contributed by atoms with Gasteiger partial charge in [-0.1, -0.05) is 25.8 Å². The predicted molar refractivity (Wildman–Crippen MR) is 79.8 cm³/mol. The first kappa shape index (κ1) is 14.7. The van der Waals surface area contributed by atoms with Gasteiger partial charge in [0.2, 0.25) is 0 Å². The molecule has 3 atom stereocenters. The molecule has 3 unspecified atom stereocenters. The number of hydrogen-bond acceptors (Lipinski definition) is 4. The molecule has 1 aliphatic heterocycles. The minimum Gasteiger partial charge on any atom is -0.486 e. The number of rotatable bonds is 3. The maximum atomic E-state index is 10.9. The van der Waals surface area contributed by atoms with Crippen molar-refractivity contribution in [1.82, 2.24) is 0 Å². The van der Waals surface area contributed by atoms with Crippen molar-refractivity contribution in [3.63, 3.8) is 0 Å². The number of aliphatic hydroxyl groups excluding tert-OH is 1. The van der Waals surface area contributed by atoms with E-state index >= 15 is 0 Å². The van der Waals surface area contributed by atoms with Crippen LogP contribution in [-0.4, -0.2) is 31.0 Å². The predicted octanol–water partition coefficient (Wildman–Crippen LogP) is 3.09. The van der Waals surface area contributed by atoms with Crippen molar-refractivity contribution < 1.29 is 19.3 Å². The van der Waals surface area contributed by atoms with Gasteiger partial charge < -0.3 is 19.3 Å². The Morgan fingerprint density at radius 2 is 2.05 bits per heavy atom. The number of aliphatic hydroxyl groups is 1. The summed E-state index contributed by atoms with van der Waals surface area (Å²) in [5, 5.41) is 10.9. The van der Waals surface area contributed by atoms with Crippen LogP contribution in [0.2, 0.25) is 0 Å². The van der Waals surface area contributed by atoms with Crippen LogP contribution in [0.4, 0.5) is 0 Å². The summed E-state index contributed by atoms with van der Waals surface area (Å²) < 4.78 is 16.9. The van der Waals surface area contributed by atoms with Crippen LogP contribution in [0.5, 0.6) is 11.5 Å². The van der Waals surface area contributed by atoms with Crippen LogP contribution in [0.25, 0.3) is 0 Å². The van der Waals surface area contributed by atoms with Crippen molar-refractivity contribution in [2.75, 3.05) is 20.3 Å². The molecule has 0 aromatic heterocycles. The zero-order valence-electron chi connectivity index (χ0n) is 12.8. The summed E-state index contributed by atoms with van der Waals surface area (Å²) in [6.07, 6.45) is 3.44. The van der Waals surface area contributed by atoms with Crippen LogP contribution < -0.4 is 9.47 Å².